The molecule has 0 heterocycles. The zero-order chi connectivity index (χ0) is 11.7. The highest BCUT2D eigenvalue weighted by Crippen LogP contribution is 2.48. The first-order valence-electron chi connectivity index (χ1n) is 6.19. The molecule has 2 heteroatoms. The Morgan fingerprint density at radius 3 is 3.06 bits per heavy atom. The molecule has 0 N–H and O–H groups in total. The number of aliphatic imine (C=N–C) groups is 1. The van der Waals surface area contributed by atoms with E-state index >= 15 is 0 Å². The zero-order valence-electron chi connectivity index (χ0n) is 9.73. The van der Waals surface area contributed by atoms with Crippen LogP contribution in [0.5, 0.6) is 0 Å². The quantitative estimate of drug-likeness (QED) is 0.410. The van der Waals surface area contributed by atoms with Crippen LogP contribution in [0.15, 0.2) is 41.4 Å². The molecule has 17 heavy (non-hydrogen) atoms. The summed E-state index contributed by atoms with van der Waals surface area (Å²) in [6.07, 6.45) is 10.3. The third-order valence-corrected chi connectivity index (χ3v) is 4.18. The van der Waals surface area contributed by atoms with Crippen molar-refractivity contribution < 1.29 is 4.79 Å². The Hall–Kier alpha value is -1.66. The molecule has 0 aliphatic heterocycles. The maximum absolute atomic E-state index is 10.8. The predicted octanol–water partition coefficient (Wildman–Crippen LogP) is 3.13. The van der Waals surface area contributed by atoms with Gasteiger partial charge in [-0.1, -0.05) is 36.4 Å². The van der Waals surface area contributed by atoms with Gasteiger partial charge >= 0.3 is 0 Å². The number of hydrogen-bond donors (Lipinski definition) is 0. The number of aryl methyl sites for hydroxylation is 1. The van der Waals surface area contributed by atoms with Gasteiger partial charge in [0, 0.05) is 0 Å². The number of hydrogen-bond acceptors (Lipinski definition) is 2. The summed E-state index contributed by atoms with van der Waals surface area (Å²) in [7, 11) is 0. The second-order valence-electron chi connectivity index (χ2n) is 4.93. The molecule has 0 amide bonds. The van der Waals surface area contributed by atoms with Gasteiger partial charge in [-0.15, -0.1) is 0 Å². The van der Waals surface area contributed by atoms with Crippen LogP contribution in [0.2, 0.25) is 0 Å². The van der Waals surface area contributed by atoms with Crippen LogP contribution in [0.25, 0.3) is 0 Å². The predicted molar refractivity (Wildman–Crippen MR) is 66.4 cm³/mol. The molecule has 2 nitrogen and oxygen atoms in total. The molecule has 3 rings (SSSR count). The average Bonchev–Trinajstić information content (AvgIpc) is 2.39. The number of allylic oxidation sites excluding steroid dienone is 1. The molecule has 0 radical (unpaired) electrons. The second kappa shape index (κ2) is 3.97. The number of rotatable bonds is 1. The van der Waals surface area contributed by atoms with Gasteiger partial charge in [-0.2, -0.15) is 4.99 Å². The molecule has 0 saturated heterocycles. The summed E-state index contributed by atoms with van der Waals surface area (Å²) in [5, 5.41) is 0. The third-order valence-electron chi connectivity index (χ3n) is 4.18. The molecule has 0 spiro atoms. The van der Waals surface area contributed by atoms with E-state index in [1.54, 1.807) is 0 Å². The summed E-state index contributed by atoms with van der Waals surface area (Å²) in [5.74, 6) is 0.462. The van der Waals surface area contributed by atoms with Crippen molar-refractivity contribution in [2.24, 2.45) is 10.9 Å². The molecule has 0 bridgehead atoms. The Balaban J connectivity index is 2.21. The van der Waals surface area contributed by atoms with Gasteiger partial charge in [0.05, 0.1) is 0 Å². The second-order valence-corrected chi connectivity index (χ2v) is 4.93. The Morgan fingerprint density at radius 2 is 2.18 bits per heavy atom. The molecular formula is C15H15NO. The van der Waals surface area contributed by atoms with Crippen molar-refractivity contribution in [1.82, 2.24) is 0 Å². The summed E-state index contributed by atoms with van der Waals surface area (Å²) >= 11 is 0. The monoisotopic (exact) mass is 225 g/mol. The fraction of sp³-hybridized carbons (Fsp3) is 0.400. The molecule has 1 aromatic carbocycles. The fourth-order valence-corrected chi connectivity index (χ4v) is 3.34. The Labute approximate surface area is 101 Å². The van der Waals surface area contributed by atoms with Gasteiger partial charge < -0.3 is 0 Å². The van der Waals surface area contributed by atoms with Crippen LogP contribution >= 0.6 is 0 Å². The van der Waals surface area contributed by atoms with E-state index in [9.17, 15) is 4.79 Å². The topological polar surface area (TPSA) is 29.4 Å². The molecule has 1 aromatic rings. The Morgan fingerprint density at radius 1 is 1.29 bits per heavy atom. The lowest BCUT2D eigenvalue weighted by atomic mass is 9.65. The summed E-state index contributed by atoms with van der Waals surface area (Å²) in [6, 6.07) is 8.39. The number of benzene rings is 1. The standard InChI is InChI=1S/C15H15NO/c17-11-16-15-10-4-3-6-13(15)9-8-12-5-1-2-7-14(12)15/h1-5,7,13H,6,8-10H2/t13-,15+/m1/s1. The number of fused-ring (bicyclic) bond motifs is 3. The fourth-order valence-electron chi connectivity index (χ4n) is 3.34. The minimum absolute atomic E-state index is 0.328. The SMILES string of the molecule is O=C=N[C@@]12CC=CC[C@@H]1CCc1ccccc12. The lowest BCUT2D eigenvalue weighted by molar-refractivity contribution is 0.234. The van der Waals surface area contributed by atoms with Crippen LogP contribution in [-0.4, -0.2) is 6.08 Å². The molecule has 2 atom stereocenters. The smallest absolute Gasteiger partial charge is 0.211 e. The highest BCUT2D eigenvalue weighted by atomic mass is 16.1. The normalized spacial score (nSPS) is 30.0. The molecule has 0 aromatic heterocycles. The van der Waals surface area contributed by atoms with Crippen LogP contribution in [0.4, 0.5) is 0 Å². The summed E-state index contributed by atoms with van der Waals surface area (Å²) in [5.41, 5.74) is 2.26. The van der Waals surface area contributed by atoms with E-state index in [1.807, 2.05) is 12.1 Å². The van der Waals surface area contributed by atoms with Gasteiger partial charge in [-0.3, -0.25) is 0 Å². The van der Waals surface area contributed by atoms with E-state index in [-0.39, 0.29) is 5.54 Å². The van der Waals surface area contributed by atoms with Crippen LogP contribution in [-0.2, 0) is 16.8 Å². The molecule has 2 aliphatic carbocycles. The van der Waals surface area contributed by atoms with Crippen LogP contribution in [0.3, 0.4) is 0 Å². The third kappa shape index (κ3) is 1.49. The highest BCUT2D eigenvalue weighted by molar-refractivity contribution is 5.44. The number of nitrogens with zero attached hydrogens (tertiary/aromatic N) is 1. The number of isocyanates is 1. The summed E-state index contributed by atoms with van der Waals surface area (Å²) in [4.78, 5) is 15.0. The summed E-state index contributed by atoms with van der Waals surface area (Å²) < 4.78 is 0. The molecule has 0 fully saturated rings. The van der Waals surface area contributed by atoms with Gasteiger partial charge in [0.15, 0.2) is 0 Å². The lowest BCUT2D eigenvalue weighted by Crippen LogP contribution is -2.39. The maximum atomic E-state index is 10.8. The first-order valence-corrected chi connectivity index (χ1v) is 6.19. The van der Waals surface area contributed by atoms with E-state index in [4.69, 9.17) is 0 Å². The van der Waals surface area contributed by atoms with Crippen molar-refractivity contribution in [3.63, 3.8) is 0 Å². The van der Waals surface area contributed by atoms with Gasteiger partial charge in [-0.05, 0) is 42.7 Å². The summed E-state index contributed by atoms with van der Waals surface area (Å²) in [6.45, 7) is 0. The Bertz CT molecular complexity index is 513. The molecule has 2 aliphatic rings. The average molecular weight is 225 g/mol. The van der Waals surface area contributed by atoms with Gasteiger partial charge in [-0.25, -0.2) is 4.79 Å². The van der Waals surface area contributed by atoms with Crippen molar-refractivity contribution in [1.29, 1.82) is 0 Å². The minimum atomic E-state index is -0.328. The van der Waals surface area contributed by atoms with E-state index in [0.29, 0.717) is 5.92 Å². The highest BCUT2D eigenvalue weighted by Gasteiger charge is 2.44. The largest absolute Gasteiger partial charge is 0.235 e. The van der Waals surface area contributed by atoms with Crippen molar-refractivity contribution in [3.05, 3.63) is 47.5 Å². The Kier molecular flexibility index (Phi) is 2.45. The van der Waals surface area contributed by atoms with Crippen LogP contribution in [0, 0.1) is 5.92 Å². The van der Waals surface area contributed by atoms with E-state index in [0.717, 1.165) is 25.7 Å². The zero-order valence-corrected chi connectivity index (χ0v) is 9.73. The van der Waals surface area contributed by atoms with Crippen molar-refractivity contribution in [2.45, 2.75) is 31.2 Å². The van der Waals surface area contributed by atoms with E-state index in [2.05, 4.69) is 35.3 Å². The minimum Gasteiger partial charge on any atom is -0.211 e. The molecule has 86 valence electrons. The van der Waals surface area contributed by atoms with E-state index < -0.39 is 0 Å². The maximum Gasteiger partial charge on any atom is 0.235 e. The number of carbonyl (C=O) groups excluding carboxylic acids is 1. The van der Waals surface area contributed by atoms with Gasteiger partial charge in [0.25, 0.3) is 0 Å². The molecular weight excluding hydrogens is 210 g/mol. The van der Waals surface area contributed by atoms with Crippen molar-refractivity contribution in [2.75, 3.05) is 0 Å². The lowest BCUT2D eigenvalue weighted by Gasteiger charge is -2.42. The van der Waals surface area contributed by atoms with Crippen LogP contribution in [0.1, 0.15) is 30.4 Å². The van der Waals surface area contributed by atoms with Crippen molar-refractivity contribution in [3.8, 4) is 0 Å². The molecule has 0 unspecified atom stereocenters. The van der Waals surface area contributed by atoms with Crippen molar-refractivity contribution >= 4 is 6.08 Å². The van der Waals surface area contributed by atoms with Crippen LogP contribution < -0.4 is 0 Å². The molecule has 0 saturated carbocycles. The van der Waals surface area contributed by atoms with E-state index in [1.165, 1.54) is 11.1 Å². The first-order chi connectivity index (χ1) is 8.37. The first kappa shape index (κ1) is 10.5. The van der Waals surface area contributed by atoms with Gasteiger partial charge in [0.2, 0.25) is 6.08 Å². The van der Waals surface area contributed by atoms with Gasteiger partial charge in [0.1, 0.15) is 5.54 Å².